The van der Waals surface area contributed by atoms with Crippen LogP contribution in [0.5, 0.6) is 0 Å². The van der Waals surface area contributed by atoms with Crippen LogP contribution in [0.3, 0.4) is 0 Å². The maximum Gasteiger partial charge on any atom is 0.328 e. The highest BCUT2D eigenvalue weighted by atomic mass is 32.2. The first-order chi connectivity index (χ1) is 14.3. The number of amides is 2. The van der Waals surface area contributed by atoms with E-state index in [0.29, 0.717) is 16.6 Å². The van der Waals surface area contributed by atoms with Gasteiger partial charge in [0.15, 0.2) is 0 Å². The quantitative estimate of drug-likeness (QED) is 0.362. The van der Waals surface area contributed by atoms with E-state index < -0.39 is 16.1 Å². The maximum absolute atomic E-state index is 12.8. The highest BCUT2D eigenvalue weighted by Gasteiger charge is 2.35. The third-order valence-corrected chi connectivity index (χ3v) is 5.84. The predicted molar refractivity (Wildman–Crippen MR) is 113 cm³/mol. The molecule has 2 aromatic carbocycles. The number of imidazole rings is 1. The fourth-order valence-electron chi connectivity index (χ4n) is 3.35. The van der Waals surface area contributed by atoms with Gasteiger partial charge in [-0.05, 0) is 41.1 Å². The minimum atomic E-state index is -0.524. The van der Waals surface area contributed by atoms with Crippen molar-refractivity contribution in [3.63, 3.8) is 0 Å². The summed E-state index contributed by atoms with van der Waals surface area (Å²) >= 11 is 0.815. The summed E-state index contributed by atoms with van der Waals surface area (Å²) in [6.07, 6.45) is 1.61. The van der Waals surface area contributed by atoms with Gasteiger partial charge in [-0.2, -0.15) is 0 Å². The zero-order chi connectivity index (χ0) is 21.6. The van der Waals surface area contributed by atoms with Crippen LogP contribution >= 0.6 is 11.8 Å². The molecule has 0 atom stereocenters. The fourth-order valence-corrected chi connectivity index (χ4v) is 4.19. The average molecular weight is 424 g/mol. The number of imide groups is 1. The van der Waals surface area contributed by atoms with E-state index in [9.17, 15) is 24.5 Å². The average Bonchev–Trinajstić information content (AvgIpc) is 3.10. The minimum Gasteiger partial charge on any atom is -0.295 e. The summed E-state index contributed by atoms with van der Waals surface area (Å²) in [5.41, 5.74) is 2.40. The van der Waals surface area contributed by atoms with E-state index in [1.807, 2.05) is 0 Å². The molecule has 0 radical (unpaired) electrons. The van der Waals surface area contributed by atoms with Crippen molar-refractivity contribution >= 4 is 45.7 Å². The number of nitro groups is 1. The van der Waals surface area contributed by atoms with Gasteiger partial charge in [0.1, 0.15) is 0 Å². The summed E-state index contributed by atoms with van der Waals surface area (Å²) in [4.78, 5) is 48.9. The summed E-state index contributed by atoms with van der Waals surface area (Å²) in [7, 11) is 3.35. The molecular weight excluding hydrogens is 408 g/mol. The van der Waals surface area contributed by atoms with Crippen LogP contribution in [0.1, 0.15) is 11.1 Å². The Morgan fingerprint density at radius 3 is 2.50 bits per heavy atom. The van der Waals surface area contributed by atoms with Crippen molar-refractivity contribution in [2.75, 3.05) is 0 Å². The van der Waals surface area contributed by atoms with Gasteiger partial charge in [-0.1, -0.05) is 18.2 Å². The number of carbonyl (C=O) groups excluding carboxylic acids is 2. The molecular formula is C20H16N4O5S. The number of fused-ring (bicyclic) bond motifs is 1. The van der Waals surface area contributed by atoms with Gasteiger partial charge < -0.3 is 0 Å². The number of thioether (sulfide) groups is 1. The summed E-state index contributed by atoms with van der Waals surface area (Å²) in [6, 6.07) is 11.2. The lowest BCUT2D eigenvalue weighted by molar-refractivity contribution is -0.384. The molecule has 0 unspecified atom stereocenters. The Bertz CT molecular complexity index is 1320. The number of aromatic nitrogens is 2. The molecule has 10 heteroatoms. The van der Waals surface area contributed by atoms with Gasteiger partial charge in [-0.25, -0.2) is 4.79 Å². The Balaban J connectivity index is 1.62. The van der Waals surface area contributed by atoms with Crippen molar-refractivity contribution in [2.24, 2.45) is 14.1 Å². The van der Waals surface area contributed by atoms with Crippen molar-refractivity contribution in [1.82, 2.24) is 14.0 Å². The molecule has 0 bridgehead atoms. The smallest absolute Gasteiger partial charge is 0.295 e. The highest BCUT2D eigenvalue weighted by Crippen LogP contribution is 2.34. The first kappa shape index (κ1) is 19.6. The zero-order valence-corrected chi connectivity index (χ0v) is 16.9. The summed E-state index contributed by atoms with van der Waals surface area (Å²) in [5.74, 6) is -0.460. The van der Waals surface area contributed by atoms with Crippen LogP contribution in [-0.2, 0) is 25.4 Å². The minimum absolute atomic E-state index is 0.0457. The van der Waals surface area contributed by atoms with Crippen molar-refractivity contribution in [3.05, 3.63) is 79.1 Å². The first-order valence-electron chi connectivity index (χ1n) is 8.90. The molecule has 0 spiro atoms. The van der Waals surface area contributed by atoms with E-state index in [0.717, 1.165) is 22.2 Å². The standard InChI is InChI=1S/C20H16N4O5S/c1-21-15-7-6-12(9-16(15)22(2)19(21)26)10-17-18(25)23(20(27)30-17)11-13-4-3-5-14(8-13)24(28)29/h3-10H,11H2,1-2H3/b17-10-. The topological polar surface area (TPSA) is 107 Å². The van der Waals surface area contributed by atoms with E-state index in [-0.39, 0.29) is 22.8 Å². The second-order valence-electron chi connectivity index (χ2n) is 6.84. The van der Waals surface area contributed by atoms with Crippen LogP contribution < -0.4 is 5.69 Å². The van der Waals surface area contributed by atoms with Crippen LogP contribution in [0.15, 0.2) is 52.2 Å². The lowest BCUT2D eigenvalue weighted by atomic mass is 10.1. The van der Waals surface area contributed by atoms with Crippen LogP contribution in [0, 0.1) is 10.1 Å². The van der Waals surface area contributed by atoms with Gasteiger partial charge in [0.2, 0.25) is 0 Å². The number of hydrogen-bond acceptors (Lipinski definition) is 6. The van der Waals surface area contributed by atoms with Crippen LogP contribution in [0.4, 0.5) is 10.5 Å². The van der Waals surface area contributed by atoms with Crippen LogP contribution in [0.2, 0.25) is 0 Å². The highest BCUT2D eigenvalue weighted by molar-refractivity contribution is 8.18. The molecule has 9 nitrogen and oxygen atoms in total. The normalized spacial score (nSPS) is 15.5. The van der Waals surface area contributed by atoms with Crippen molar-refractivity contribution in [3.8, 4) is 0 Å². The number of rotatable bonds is 4. The van der Waals surface area contributed by atoms with Crippen molar-refractivity contribution < 1.29 is 14.5 Å². The Hall–Kier alpha value is -3.66. The number of benzene rings is 2. The van der Waals surface area contributed by atoms with E-state index in [4.69, 9.17) is 0 Å². The molecule has 1 saturated heterocycles. The SMILES string of the molecule is Cn1c(=O)n(C)c2cc(/C=C3\SC(=O)N(Cc4cccc([N+](=O)[O-])c4)C3=O)ccc21. The molecule has 1 aliphatic heterocycles. The number of aryl methyl sites for hydroxylation is 2. The lowest BCUT2D eigenvalue weighted by Crippen LogP contribution is -2.27. The van der Waals surface area contributed by atoms with Crippen molar-refractivity contribution in [2.45, 2.75) is 6.54 Å². The van der Waals surface area contributed by atoms with E-state index >= 15 is 0 Å². The Morgan fingerprint density at radius 1 is 1.03 bits per heavy atom. The third kappa shape index (κ3) is 3.30. The van der Waals surface area contributed by atoms with Gasteiger partial charge >= 0.3 is 5.69 Å². The van der Waals surface area contributed by atoms with Gasteiger partial charge in [0.05, 0.1) is 27.4 Å². The number of hydrogen-bond donors (Lipinski definition) is 0. The molecule has 1 fully saturated rings. The summed E-state index contributed by atoms with van der Waals surface area (Å²) in [6.45, 7) is -0.0457. The largest absolute Gasteiger partial charge is 0.328 e. The lowest BCUT2D eigenvalue weighted by Gasteiger charge is -2.12. The van der Waals surface area contributed by atoms with Gasteiger partial charge in [-0.15, -0.1) is 0 Å². The molecule has 3 aromatic rings. The monoisotopic (exact) mass is 424 g/mol. The van der Waals surface area contributed by atoms with E-state index in [2.05, 4.69) is 0 Å². The molecule has 0 saturated carbocycles. The molecule has 0 aliphatic carbocycles. The number of carbonyl (C=O) groups is 2. The number of non-ortho nitro benzene ring substituents is 1. The molecule has 152 valence electrons. The Kier molecular flexibility index (Phi) is 4.78. The number of nitro benzene ring substituents is 1. The zero-order valence-electron chi connectivity index (χ0n) is 16.1. The molecule has 4 rings (SSSR count). The maximum atomic E-state index is 12.8. The second kappa shape index (κ2) is 7.30. The third-order valence-electron chi connectivity index (χ3n) is 4.93. The molecule has 1 aliphatic rings. The van der Waals surface area contributed by atoms with Crippen molar-refractivity contribution in [1.29, 1.82) is 0 Å². The molecule has 30 heavy (non-hydrogen) atoms. The molecule has 2 heterocycles. The summed E-state index contributed by atoms with van der Waals surface area (Å²) < 4.78 is 3.05. The first-order valence-corrected chi connectivity index (χ1v) is 9.72. The summed E-state index contributed by atoms with van der Waals surface area (Å²) in [5, 5.41) is 10.5. The molecule has 0 N–H and O–H groups in total. The van der Waals surface area contributed by atoms with Gasteiger partial charge in [-0.3, -0.25) is 33.7 Å². The van der Waals surface area contributed by atoms with E-state index in [1.165, 1.54) is 27.3 Å². The molecule has 1 aromatic heterocycles. The number of nitrogens with zero attached hydrogens (tertiary/aromatic N) is 4. The fraction of sp³-hybridized carbons (Fsp3) is 0.150. The van der Waals surface area contributed by atoms with Gasteiger partial charge in [0, 0.05) is 26.2 Å². The van der Waals surface area contributed by atoms with Crippen LogP contribution in [0.25, 0.3) is 17.1 Å². The Labute approximate surface area is 174 Å². The predicted octanol–water partition coefficient (Wildman–Crippen LogP) is 3.02. The van der Waals surface area contributed by atoms with Gasteiger partial charge in [0.25, 0.3) is 16.8 Å². The second-order valence-corrected chi connectivity index (χ2v) is 7.84. The Morgan fingerprint density at radius 2 is 1.77 bits per heavy atom. The van der Waals surface area contributed by atoms with E-state index in [1.54, 1.807) is 44.4 Å². The molecule has 2 amide bonds. The van der Waals surface area contributed by atoms with Crippen LogP contribution in [-0.4, -0.2) is 30.1 Å².